The SMILES string of the molecule is Cc1ccccc1C1CC(N(CCC(=O)N2CCNCC2)C2CC2)C1. The molecule has 0 spiro atoms. The number of benzene rings is 1. The van der Waals surface area contributed by atoms with Crippen LogP contribution in [0.2, 0.25) is 0 Å². The summed E-state index contributed by atoms with van der Waals surface area (Å²) in [5.74, 6) is 1.07. The lowest BCUT2D eigenvalue weighted by atomic mass is 9.73. The molecule has 1 amide bonds. The van der Waals surface area contributed by atoms with Crippen LogP contribution in [0.25, 0.3) is 0 Å². The quantitative estimate of drug-likeness (QED) is 0.864. The van der Waals surface area contributed by atoms with Crippen molar-refractivity contribution in [3.63, 3.8) is 0 Å². The highest BCUT2D eigenvalue weighted by Gasteiger charge is 2.41. The average molecular weight is 341 g/mol. The van der Waals surface area contributed by atoms with Gasteiger partial charge in [0.1, 0.15) is 0 Å². The second-order valence-corrected chi connectivity index (χ2v) is 8.03. The number of aryl methyl sites for hydroxylation is 1. The fraction of sp³-hybridized carbons (Fsp3) is 0.667. The average Bonchev–Trinajstić information content (AvgIpc) is 3.43. The highest BCUT2D eigenvalue weighted by molar-refractivity contribution is 5.76. The number of carbonyl (C=O) groups excluding carboxylic acids is 1. The van der Waals surface area contributed by atoms with E-state index in [9.17, 15) is 4.79 Å². The molecule has 0 radical (unpaired) electrons. The Morgan fingerprint density at radius 3 is 2.56 bits per heavy atom. The van der Waals surface area contributed by atoms with E-state index in [-0.39, 0.29) is 0 Å². The van der Waals surface area contributed by atoms with Crippen molar-refractivity contribution in [2.45, 2.75) is 57.0 Å². The van der Waals surface area contributed by atoms with Crippen molar-refractivity contribution < 1.29 is 4.79 Å². The van der Waals surface area contributed by atoms with Gasteiger partial charge in [-0.25, -0.2) is 0 Å². The van der Waals surface area contributed by atoms with Gasteiger partial charge in [0.25, 0.3) is 0 Å². The Kier molecular flexibility index (Phi) is 5.09. The molecule has 1 saturated heterocycles. The van der Waals surface area contributed by atoms with E-state index in [4.69, 9.17) is 0 Å². The molecular formula is C21H31N3O. The lowest BCUT2D eigenvalue weighted by Gasteiger charge is -2.44. The molecule has 1 aliphatic heterocycles. The first-order valence-corrected chi connectivity index (χ1v) is 10.0. The molecule has 2 saturated carbocycles. The standard InChI is InChI=1S/C21H31N3O/c1-16-4-2-3-5-20(16)17-14-19(15-17)24(18-6-7-18)11-8-21(25)23-12-9-22-10-13-23/h2-5,17-19,22H,6-15H2,1H3. The minimum atomic E-state index is 0.349. The van der Waals surface area contributed by atoms with E-state index >= 15 is 0 Å². The minimum absolute atomic E-state index is 0.349. The molecule has 136 valence electrons. The fourth-order valence-electron chi connectivity index (χ4n) is 4.52. The number of amides is 1. The third-order valence-electron chi connectivity index (χ3n) is 6.28. The first-order valence-electron chi connectivity index (χ1n) is 10.0. The van der Waals surface area contributed by atoms with Crippen LogP contribution in [0.3, 0.4) is 0 Å². The van der Waals surface area contributed by atoms with Crippen molar-refractivity contribution in [3.05, 3.63) is 35.4 Å². The molecule has 4 heteroatoms. The third-order valence-corrected chi connectivity index (χ3v) is 6.28. The second-order valence-electron chi connectivity index (χ2n) is 8.03. The van der Waals surface area contributed by atoms with E-state index in [0.717, 1.165) is 44.7 Å². The summed E-state index contributed by atoms with van der Waals surface area (Å²) in [6.45, 7) is 6.83. The number of rotatable bonds is 6. The van der Waals surface area contributed by atoms with Crippen LogP contribution in [0.1, 0.15) is 49.1 Å². The molecule has 2 aliphatic carbocycles. The van der Waals surface area contributed by atoms with E-state index < -0.39 is 0 Å². The Morgan fingerprint density at radius 2 is 1.88 bits per heavy atom. The van der Waals surface area contributed by atoms with Crippen molar-refractivity contribution in [3.8, 4) is 0 Å². The van der Waals surface area contributed by atoms with Crippen LogP contribution in [0.4, 0.5) is 0 Å². The first kappa shape index (κ1) is 17.0. The molecular weight excluding hydrogens is 310 g/mol. The predicted octanol–water partition coefficient (Wildman–Crippen LogP) is 2.53. The summed E-state index contributed by atoms with van der Waals surface area (Å²) in [4.78, 5) is 17.2. The Labute approximate surface area is 151 Å². The van der Waals surface area contributed by atoms with Crippen molar-refractivity contribution >= 4 is 5.91 Å². The number of hydrogen-bond donors (Lipinski definition) is 1. The zero-order valence-corrected chi connectivity index (χ0v) is 15.4. The normalized spacial score (nSPS) is 26.6. The zero-order chi connectivity index (χ0) is 17.2. The molecule has 0 aromatic heterocycles. The van der Waals surface area contributed by atoms with Gasteiger partial charge < -0.3 is 10.2 Å². The summed E-state index contributed by atoms with van der Waals surface area (Å²) in [6.07, 6.45) is 5.88. The molecule has 1 heterocycles. The van der Waals surface area contributed by atoms with Crippen LogP contribution in [0.15, 0.2) is 24.3 Å². The number of nitrogens with zero attached hydrogens (tertiary/aromatic N) is 2. The summed E-state index contributed by atoms with van der Waals surface area (Å²) >= 11 is 0. The lowest BCUT2D eigenvalue weighted by molar-refractivity contribution is -0.132. The Bertz CT molecular complexity index is 601. The molecule has 0 atom stereocenters. The van der Waals surface area contributed by atoms with Crippen molar-refractivity contribution in [2.75, 3.05) is 32.7 Å². The molecule has 4 rings (SSSR count). The molecule has 0 unspecified atom stereocenters. The van der Waals surface area contributed by atoms with E-state index in [1.54, 1.807) is 0 Å². The number of piperazine rings is 1. The summed E-state index contributed by atoms with van der Waals surface area (Å²) in [6, 6.07) is 10.3. The van der Waals surface area contributed by atoms with Gasteiger partial charge in [-0.2, -0.15) is 0 Å². The maximum Gasteiger partial charge on any atom is 0.223 e. The Hall–Kier alpha value is -1.39. The van der Waals surface area contributed by atoms with Gasteiger partial charge in [-0.3, -0.25) is 9.69 Å². The predicted molar refractivity (Wildman–Crippen MR) is 101 cm³/mol. The monoisotopic (exact) mass is 341 g/mol. The third kappa shape index (κ3) is 3.90. The number of carbonyl (C=O) groups is 1. The lowest BCUT2D eigenvalue weighted by Crippen LogP contribution is -2.49. The molecule has 1 aromatic rings. The van der Waals surface area contributed by atoms with Gasteiger partial charge in [-0.15, -0.1) is 0 Å². The van der Waals surface area contributed by atoms with Crippen molar-refractivity contribution in [1.29, 1.82) is 0 Å². The zero-order valence-electron chi connectivity index (χ0n) is 15.4. The van der Waals surface area contributed by atoms with Crippen LogP contribution in [0, 0.1) is 6.92 Å². The van der Waals surface area contributed by atoms with Crippen LogP contribution >= 0.6 is 0 Å². The molecule has 3 aliphatic rings. The summed E-state index contributed by atoms with van der Waals surface area (Å²) in [5, 5.41) is 3.32. The van der Waals surface area contributed by atoms with Crippen LogP contribution < -0.4 is 5.32 Å². The smallest absolute Gasteiger partial charge is 0.223 e. The molecule has 0 bridgehead atoms. The van der Waals surface area contributed by atoms with Gasteiger partial charge in [0.05, 0.1) is 0 Å². The van der Waals surface area contributed by atoms with E-state index in [0.29, 0.717) is 18.4 Å². The molecule has 3 fully saturated rings. The van der Waals surface area contributed by atoms with Crippen LogP contribution in [-0.2, 0) is 4.79 Å². The molecule has 25 heavy (non-hydrogen) atoms. The maximum atomic E-state index is 12.5. The highest BCUT2D eigenvalue weighted by Crippen LogP contribution is 2.44. The fourth-order valence-corrected chi connectivity index (χ4v) is 4.52. The highest BCUT2D eigenvalue weighted by atomic mass is 16.2. The summed E-state index contributed by atoms with van der Waals surface area (Å²) in [5.41, 5.74) is 2.96. The molecule has 4 nitrogen and oxygen atoms in total. The summed E-state index contributed by atoms with van der Waals surface area (Å²) in [7, 11) is 0. The van der Waals surface area contributed by atoms with Crippen LogP contribution in [-0.4, -0.2) is 60.5 Å². The van der Waals surface area contributed by atoms with Gasteiger partial charge in [-0.1, -0.05) is 24.3 Å². The van der Waals surface area contributed by atoms with Gasteiger partial charge in [0.2, 0.25) is 5.91 Å². The van der Waals surface area contributed by atoms with Crippen LogP contribution in [0.5, 0.6) is 0 Å². The topological polar surface area (TPSA) is 35.6 Å². The van der Waals surface area contributed by atoms with E-state index in [1.165, 1.54) is 36.8 Å². The summed E-state index contributed by atoms with van der Waals surface area (Å²) < 4.78 is 0. The van der Waals surface area contributed by atoms with E-state index in [2.05, 4.69) is 41.4 Å². The number of hydrogen-bond acceptors (Lipinski definition) is 3. The van der Waals surface area contributed by atoms with Gasteiger partial charge in [-0.05, 0) is 49.7 Å². The Morgan fingerprint density at radius 1 is 1.16 bits per heavy atom. The molecule has 1 N–H and O–H groups in total. The van der Waals surface area contributed by atoms with Crippen molar-refractivity contribution in [1.82, 2.24) is 15.1 Å². The van der Waals surface area contributed by atoms with Gasteiger partial charge in [0, 0.05) is 51.2 Å². The second kappa shape index (κ2) is 7.46. The minimum Gasteiger partial charge on any atom is -0.340 e. The van der Waals surface area contributed by atoms with Gasteiger partial charge >= 0.3 is 0 Å². The van der Waals surface area contributed by atoms with Gasteiger partial charge in [0.15, 0.2) is 0 Å². The largest absolute Gasteiger partial charge is 0.340 e. The Balaban J connectivity index is 1.29. The van der Waals surface area contributed by atoms with Crippen molar-refractivity contribution in [2.24, 2.45) is 0 Å². The number of nitrogens with one attached hydrogen (secondary N) is 1. The first-order chi connectivity index (χ1) is 12.2. The van der Waals surface area contributed by atoms with E-state index in [1.807, 2.05) is 4.90 Å². The maximum absolute atomic E-state index is 12.5. The molecule has 1 aromatic carbocycles.